The van der Waals surface area contributed by atoms with Crippen LogP contribution in [0.5, 0.6) is 0 Å². The Morgan fingerprint density at radius 3 is 2.94 bits per heavy atom. The van der Waals surface area contributed by atoms with E-state index >= 15 is 0 Å². The van der Waals surface area contributed by atoms with Gasteiger partial charge in [0, 0.05) is 42.5 Å². The van der Waals surface area contributed by atoms with Crippen LogP contribution in [0, 0.1) is 0 Å². The molecule has 2 N–H and O–H groups in total. The Kier molecular flexibility index (Phi) is 4.30. The van der Waals surface area contributed by atoms with E-state index in [1.807, 2.05) is 6.07 Å². The molecular weight excluding hydrogens is 292 g/mol. The first-order valence-electron chi connectivity index (χ1n) is 6.37. The summed E-state index contributed by atoms with van der Waals surface area (Å²) in [6, 6.07) is 6.26. The van der Waals surface area contributed by atoms with Gasteiger partial charge in [0.25, 0.3) is 0 Å². The van der Waals surface area contributed by atoms with Crippen LogP contribution in [-0.2, 0) is 11.3 Å². The first-order chi connectivity index (χ1) is 8.59. The van der Waals surface area contributed by atoms with E-state index in [9.17, 15) is 0 Å². The van der Waals surface area contributed by atoms with Gasteiger partial charge >= 0.3 is 0 Å². The van der Waals surface area contributed by atoms with E-state index in [4.69, 9.17) is 10.5 Å². The molecule has 1 fully saturated rings. The molecule has 100 valence electrons. The minimum Gasteiger partial charge on any atom is -0.377 e. The Hall–Kier alpha value is -0.580. The summed E-state index contributed by atoms with van der Waals surface area (Å²) >= 11 is 3.58. The number of methoxy groups -OCH3 is 1. The summed E-state index contributed by atoms with van der Waals surface area (Å²) in [6.45, 7) is 4.73. The third-order valence-corrected chi connectivity index (χ3v) is 4.53. The number of ether oxygens (including phenoxy) is 1. The SMILES string of the molecule is COC1(C)CCCN(c2cccc(Br)c2CN)C1. The molecule has 1 atom stereocenters. The standard InChI is InChI=1S/C14H21BrN2O/c1-14(18-2)7-4-8-17(10-14)13-6-3-5-12(15)11(13)9-16/h3,5-6H,4,7-10,16H2,1-2H3. The smallest absolute Gasteiger partial charge is 0.0825 e. The van der Waals surface area contributed by atoms with Crippen LogP contribution in [0.3, 0.4) is 0 Å². The fourth-order valence-corrected chi connectivity index (χ4v) is 3.14. The van der Waals surface area contributed by atoms with Crippen molar-refractivity contribution in [1.82, 2.24) is 0 Å². The first kappa shape index (κ1) is 13.8. The first-order valence-corrected chi connectivity index (χ1v) is 7.16. The molecule has 0 spiro atoms. The number of hydrogen-bond donors (Lipinski definition) is 1. The molecule has 0 aromatic heterocycles. The summed E-state index contributed by atoms with van der Waals surface area (Å²) in [7, 11) is 1.80. The number of piperidine rings is 1. The molecule has 2 rings (SSSR count). The fraction of sp³-hybridized carbons (Fsp3) is 0.571. The van der Waals surface area contributed by atoms with Crippen molar-refractivity contribution >= 4 is 21.6 Å². The van der Waals surface area contributed by atoms with E-state index in [0.717, 1.165) is 30.4 Å². The van der Waals surface area contributed by atoms with Gasteiger partial charge in [0.15, 0.2) is 0 Å². The predicted octanol–water partition coefficient (Wildman–Crippen LogP) is 2.91. The average Bonchev–Trinajstić information content (AvgIpc) is 2.38. The molecule has 1 aliphatic heterocycles. The third-order valence-electron chi connectivity index (χ3n) is 3.79. The second-order valence-electron chi connectivity index (χ2n) is 5.12. The maximum absolute atomic E-state index is 5.87. The molecule has 1 heterocycles. The minimum absolute atomic E-state index is 0.0492. The zero-order chi connectivity index (χ0) is 13.2. The van der Waals surface area contributed by atoms with Crippen LogP contribution in [0.1, 0.15) is 25.3 Å². The largest absolute Gasteiger partial charge is 0.377 e. The van der Waals surface area contributed by atoms with Crippen molar-refractivity contribution in [3.63, 3.8) is 0 Å². The molecule has 0 bridgehead atoms. The van der Waals surface area contributed by atoms with Crippen LogP contribution < -0.4 is 10.6 Å². The lowest BCUT2D eigenvalue weighted by molar-refractivity contribution is -0.00468. The highest BCUT2D eigenvalue weighted by atomic mass is 79.9. The van der Waals surface area contributed by atoms with Crippen LogP contribution in [0.15, 0.2) is 22.7 Å². The molecule has 1 aromatic rings. The van der Waals surface area contributed by atoms with Gasteiger partial charge in [0.2, 0.25) is 0 Å². The summed E-state index contributed by atoms with van der Waals surface area (Å²) in [5, 5.41) is 0. The number of halogens is 1. The van der Waals surface area contributed by atoms with Crippen molar-refractivity contribution in [1.29, 1.82) is 0 Å². The lowest BCUT2D eigenvalue weighted by Crippen LogP contribution is -2.47. The lowest BCUT2D eigenvalue weighted by Gasteiger charge is -2.41. The molecule has 4 heteroatoms. The highest BCUT2D eigenvalue weighted by molar-refractivity contribution is 9.10. The predicted molar refractivity (Wildman–Crippen MR) is 78.9 cm³/mol. The van der Waals surface area contributed by atoms with E-state index < -0.39 is 0 Å². The summed E-state index contributed by atoms with van der Waals surface area (Å²) < 4.78 is 6.74. The molecule has 0 saturated carbocycles. The molecule has 0 amide bonds. The molecule has 1 unspecified atom stereocenters. The van der Waals surface area contributed by atoms with Gasteiger partial charge in [-0.05, 0) is 31.9 Å². The quantitative estimate of drug-likeness (QED) is 0.932. The Morgan fingerprint density at radius 1 is 1.50 bits per heavy atom. The number of rotatable bonds is 3. The Balaban J connectivity index is 2.29. The van der Waals surface area contributed by atoms with Gasteiger partial charge in [-0.3, -0.25) is 0 Å². The highest BCUT2D eigenvalue weighted by Crippen LogP contribution is 2.32. The molecule has 1 saturated heterocycles. The van der Waals surface area contributed by atoms with Gasteiger partial charge in [0.05, 0.1) is 5.60 Å². The van der Waals surface area contributed by atoms with Crippen molar-refractivity contribution < 1.29 is 4.74 Å². The summed E-state index contributed by atoms with van der Waals surface area (Å²) in [6.07, 6.45) is 2.27. The van der Waals surface area contributed by atoms with Gasteiger partial charge in [-0.2, -0.15) is 0 Å². The van der Waals surface area contributed by atoms with E-state index in [-0.39, 0.29) is 5.60 Å². The van der Waals surface area contributed by atoms with Crippen LogP contribution in [0.2, 0.25) is 0 Å². The van der Waals surface area contributed by atoms with Gasteiger partial charge in [-0.25, -0.2) is 0 Å². The average molecular weight is 313 g/mol. The Labute approximate surface area is 117 Å². The highest BCUT2D eigenvalue weighted by Gasteiger charge is 2.31. The maximum atomic E-state index is 5.87. The monoisotopic (exact) mass is 312 g/mol. The van der Waals surface area contributed by atoms with Crippen LogP contribution in [0.4, 0.5) is 5.69 Å². The van der Waals surface area contributed by atoms with E-state index in [0.29, 0.717) is 6.54 Å². The van der Waals surface area contributed by atoms with Gasteiger partial charge in [0.1, 0.15) is 0 Å². The fourth-order valence-electron chi connectivity index (χ4n) is 2.62. The van der Waals surface area contributed by atoms with Gasteiger partial charge in [-0.1, -0.05) is 22.0 Å². The minimum atomic E-state index is -0.0492. The van der Waals surface area contributed by atoms with E-state index in [1.165, 1.54) is 11.3 Å². The number of nitrogens with zero attached hydrogens (tertiary/aromatic N) is 1. The molecule has 18 heavy (non-hydrogen) atoms. The van der Waals surface area contributed by atoms with Crippen molar-refractivity contribution in [2.75, 3.05) is 25.1 Å². The molecule has 1 aliphatic rings. The molecule has 3 nitrogen and oxygen atoms in total. The normalized spacial score (nSPS) is 24.3. The number of nitrogens with two attached hydrogens (primary N) is 1. The Bertz CT molecular complexity index is 424. The van der Waals surface area contributed by atoms with Gasteiger partial charge < -0.3 is 15.4 Å². The van der Waals surface area contributed by atoms with Crippen LogP contribution in [-0.4, -0.2) is 25.8 Å². The Morgan fingerprint density at radius 2 is 2.28 bits per heavy atom. The second-order valence-corrected chi connectivity index (χ2v) is 5.98. The second kappa shape index (κ2) is 5.59. The summed E-state index contributed by atoms with van der Waals surface area (Å²) in [5.41, 5.74) is 8.23. The van der Waals surface area contributed by atoms with Crippen molar-refractivity contribution in [3.05, 3.63) is 28.2 Å². The number of benzene rings is 1. The summed E-state index contributed by atoms with van der Waals surface area (Å²) in [4.78, 5) is 2.39. The number of anilines is 1. The maximum Gasteiger partial charge on any atom is 0.0825 e. The molecule has 1 aromatic carbocycles. The van der Waals surface area contributed by atoms with Crippen molar-refractivity contribution in [2.45, 2.75) is 31.9 Å². The topological polar surface area (TPSA) is 38.5 Å². The van der Waals surface area contributed by atoms with Gasteiger partial charge in [-0.15, -0.1) is 0 Å². The zero-order valence-corrected chi connectivity index (χ0v) is 12.7. The van der Waals surface area contributed by atoms with Crippen LogP contribution in [0.25, 0.3) is 0 Å². The molecular formula is C14H21BrN2O. The van der Waals surface area contributed by atoms with Crippen molar-refractivity contribution in [3.8, 4) is 0 Å². The zero-order valence-electron chi connectivity index (χ0n) is 11.1. The third kappa shape index (κ3) is 2.71. The van der Waals surface area contributed by atoms with Crippen molar-refractivity contribution in [2.24, 2.45) is 5.73 Å². The number of hydrogen-bond acceptors (Lipinski definition) is 3. The lowest BCUT2D eigenvalue weighted by atomic mass is 9.94. The molecule has 0 aliphatic carbocycles. The molecule has 0 radical (unpaired) electrons. The summed E-state index contributed by atoms with van der Waals surface area (Å²) in [5.74, 6) is 0. The van der Waals surface area contributed by atoms with E-state index in [1.54, 1.807) is 7.11 Å². The van der Waals surface area contributed by atoms with Crippen LogP contribution >= 0.6 is 15.9 Å². The van der Waals surface area contributed by atoms with E-state index in [2.05, 4.69) is 39.9 Å².